The van der Waals surface area contributed by atoms with Crippen molar-refractivity contribution in [1.82, 2.24) is 29.8 Å². The molecular weight excluding hydrogens is 416 g/mol. The number of pyridine rings is 1. The van der Waals surface area contributed by atoms with Crippen LogP contribution in [0.5, 0.6) is 0 Å². The Morgan fingerprint density at radius 2 is 1.97 bits per heavy atom. The molecule has 0 unspecified atom stereocenters. The second-order valence-electron chi connectivity index (χ2n) is 8.42. The number of aromatic nitrogens is 6. The smallest absolute Gasteiger partial charge is 0.255 e. The van der Waals surface area contributed by atoms with Gasteiger partial charge in [-0.3, -0.25) is 14.5 Å². The fraction of sp³-hybridized carbons (Fsp3) is 0.250. The van der Waals surface area contributed by atoms with Crippen molar-refractivity contribution in [2.75, 3.05) is 5.32 Å². The maximum Gasteiger partial charge on any atom is 0.255 e. The zero-order valence-electron chi connectivity index (χ0n) is 19.2. The Labute approximate surface area is 191 Å². The third-order valence-electron chi connectivity index (χ3n) is 5.70. The van der Waals surface area contributed by atoms with E-state index in [0.29, 0.717) is 22.6 Å². The summed E-state index contributed by atoms with van der Waals surface area (Å²) in [4.78, 5) is 17.3. The molecule has 4 aromatic rings. The first-order valence-electron chi connectivity index (χ1n) is 10.4. The van der Waals surface area contributed by atoms with Crippen LogP contribution in [0.4, 0.5) is 5.69 Å². The van der Waals surface area contributed by atoms with Crippen LogP contribution < -0.4 is 5.32 Å². The second-order valence-corrected chi connectivity index (χ2v) is 8.42. The number of anilines is 1. The van der Waals surface area contributed by atoms with Crippen LogP contribution in [0.2, 0.25) is 0 Å². The number of rotatable bonds is 5. The van der Waals surface area contributed by atoms with Crippen molar-refractivity contribution in [3.63, 3.8) is 0 Å². The van der Waals surface area contributed by atoms with E-state index in [1.165, 1.54) is 0 Å². The molecule has 0 radical (unpaired) electrons. The molecule has 0 saturated heterocycles. The molecule has 0 atom stereocenters. The lowest BCUT2D eigenvalue weighted by Crippen LogP contribution is -2.17. The molecular formula is C24H24N8O. The third kappa shape index (κ3) is 4.23. The Bertz CT molecular complexity index is 1390. The zero-order chi connectivity index (χ0) is 23.8. The highest BCUT2D eigenvalue weighted by atomic mass is 16.1. The summed E-state index contributed by atoms with van der Waals surface area (Å²) in [5.74, 6) is -0.285. The van der Waals surface area contributed by atoms with Crippen LogP contribution in [-0.4, -0.2) is 35.7 Å². The summed E-state index contributed by atoms with van der Waals surface area (Å²) < 4.78 is 3.42. The van der Waals surface area contributed by atoms with E-state index < -0.39 is 5.41 Å². The lowest BCUT2D eigenvalue weighted by molar-refractivity contribution is 0.102. The van der Waals surface area contributed by atoms with E-state index in [9.17, 15) is 10.1 Å². The van der Waals surface area contributed by atoms with E-state index in [4.69, 9.17) is 0 Å². The van der Waals surface area contributed by atoms with Gasteiger partial charge in [0.2, 0.25) is 0 Å². The van der Waals surface area contributed by atoms with Crippen molar-refractivity contribution in [3.05, 3.63) is 71.4 Å². The van der Waals surface area contributed by atoms with E-state index in [2.05, 4.69) is 31.8 Å². The van der Waals surface area contributed by atoms with E-state index >= 15 is 0 Å². The van der Waals surface area contributed by atoms with Crippen molar-refractivity contribution in [2.45, 2.75) is 33.1 Å². The molecule has 4 rings (SSSR count). The minimum atomic E-state index is -0.688. The Hall–Kier alpha value is -4.32. The monoisotopic (exact) mass is 440 g/mol. The van der Waals surface area contributed by atoms with E-state index in [-0.39, 0.29) is 5.91 Å². The highest BCUT2D eigenvalue weighted by Gasteiger charge is 2.21. The van der Waals surface area contributed by atoms with Gasteiger partial charge in [-0.15, -0.1) is 5.10 Å². The van der Waals surface area contributed by atoms with Crippen molar-refractivity contribution >= 4 is 11.6 Å². The molecule has 0 aliphatic carbocycles. The third-order valence-corrected chi connectivity index (χ3v) is 5.70. The summed E-state index contributed by atoms with van der Waals surface area (Å²) >= 11 is 0. The van der Waals surface area contributed by atoms with Gasteiger partial charge in [-0.25, -0.2) is 4.68 Å². The number of amides is 1. The molecule has 0 fully saturated rings. The number of benzene rings is 1. The number of hydrogen-bond acceptors (Lipinski definition) is 6. The normalized spacial score (nSPS) is 11.3. The fourth-order valence-corrected chi connectivity index (χ4v) is 3.39. The number of carbonyl (C=O) groups excluding carboxylic acids is 1. The molecule has 0 saturated carbocycles. The summed E-state index contributed by atoms with van der Waals surface area (Å²) in [5.41, 5.74) is 5.11. The molecule has 0 spiro atoms. The SMILES string of the molecule is Cc1ncc(NC(=O)c2cccc(C(C)(C)C#N)c2)cc1-n1cc(-c2cnn(C)c2C)nn1. The molecule has 1 amide bonds. The molecule has 0 bridgehead atoms. The van der Waals surface area contributed by atoms with Crippen molar-refractivity contribution in [3.8, 4) is 23.0 Å². The van der Waals surface area contributed by atoms with Gasteiger partial charge in [-0.05, 0) is 51.5 Å². The highest BCUT2D eigenvalue weighted by molar-refractivity contribution is 6.04. The minimum absolute atomic E-state index is 0.285. The van der Waals surface area contributed by atoms with Gasteiger partial charge in [0.15, 0.2) is 0 Å². The topological polar surface area (TPSA) is 114 Å². The highest BCUT2D eigenvalue weighted by Crippen LogP contribution is 2.25. The average Bonchev–Trinajstić information content (AvgIpc) is 3.42. The summed E-state index contributed by atoms with van der Waals surface area (Å²) in [6, 6.07) is 11.1. The molecule has 33 heavy (non-hydrogen) atoms. The Balaban J connectivity index is 1.60. The largest absolute Gasteiger partial charge is 0.321 e. The molecule has 3 aromatic heterocycles. The van der Waals surface area contributed by atoms with Gasteiger partial charge in [0.25, 0.3) is 5.91 Å². The number of nitriles is 1. The fourth-order valence-electron chi connectivity index (χ4n) is 3.39. The summed E-state index contributed by atoms with van der Waals surface area (Å²) in [6.45, 7) is 7.47. The van der Waals surface area contributed by atoms with Gasteiger partial charge < -0.3 is 5.32 Å². The predicted molar refractivity (Wildman–Crippen MR) is 124 cm³/mol. The molecule has 0 aliphatic heterocycles. The van der Waals surface area contributed by atoms with Gasteiger partial charge in [0.1, 0.15) is 5.69 Å². The van der Waals surface area contributed by atoms with Gasteiger partial charge >= 0.3 is 0 Å². The van der Waals surface area contributed by atoms with Crippen molar-refractivity contribution in [2.24, 2.45) is 7.05 Å². The summed E-state index contributed by atoms with van der Waals surface area (Å²) in [7, 11) is 1.88. The number of nitrogens with zero attached hydrogens (tertiary/aromatic N) is 7. The van der Waals surface area contributed by atoms with Crippen LogP contribution in [0.25, 0.3) is 16.9 Å². The molecule has 1 aromatic carbocycles. The van der Waals surface area contributed by atoms with E-state index in [1.54, 1.807) is 46.0 Å². The standard InChI is InChI=1S/C24H24N8O/c1-15-22(32-13-21(29-30-32)20-12-27-31(5)16(20)2)10-19(11-26-15)28-23(33)17-7-6-8-18(9-17)24(3,4)14-25/h6-13H,1-5H3,(H,28,33). The van der Waals surface area contributed by atoms with Gasteiger partial charge in [0, 0.05) is 23.9 Å². The number of nitrogens with one attached hydrogen (secondary N) is 1. The van der Waals surface area contributed by atoms with Crippen LogP contribution in [0.1, 0.15) is 41.2 Å². The average molecular weight is 441 g/mol. The number of hydrogen-bond donors (Lipinski definition) is 1. The molecule has 9 nitrogen and oxygen atoms in total. The first-order chi connectivity index (χ1) is 15.7. The first kappa shape index (κ1) is 21.9. The minimum Gasteiger partial charge on any atom is -0.321 e. The summed E-state index contributed by atoms with van der Waals surface area (Å²) in [5, 5.41) is 25.1. The predicted octanol–water partition coefficient (Wildman–Crippen LogP) is 3.73. The maximum atomic E-state index is 12.9. The lowest BCUT2D eigenvalue weighted by atomic mass is 9.85. The van der Waals surface area contributed by atoms with Gasteiger partial charge in [0.05, 0.1) is 47.1 Å². The first-order valence-corrected chi connectivity index (χ1v) is 10.4. The summed E-state index contributed by atoms with van der Waals surface area (Å²) in [6.07, 6.45) is 5.17. The van der Waals surface area contributed by atoms with Crippen LogP contribution in [0.3, 0.4) is 0 Å². The lowest BCUT2D eigenvalue weighted by Gasteiger charge is -2.16. The Morgan fingerprint density at radius 3 is 2.67 bits per heavy atom. The van der Waals surface area contributed by atoms with Crippen molar-refractivity contribution in [1.29, 1.82) is 5.26 Å². The quantitative estimate of drug-likeness (QED) is 0.506. The Morgan fingerprint density at radius 1 is 1.18 bits per heavy atom. The zero-order valence-corrected chi connectivity index (χ0v) is 19.2. The van der Waals surface area contributed by atoms with Crippen molar-refractivity contribution < 1.29 is 4.79 Å². The molecule has 3 heterocycles. The van der Waals surface area contributed by atoms with E-state index in [0.717, 1.165) is 22.5 Å². The second kappa shape index (κ2) is 8.31. The molecule has 0 aliphatic rings. The Kier molecular flexibility index (Phi) is 5.52. The molecule has 166 valence electrons. The van der Waals surface area contributed by atoms with Crippen LogP contribution in [0, 0.1) is 25.2 Å². The maximum absolute atomic E-state index is 12.9. The van der Waals surface area contributed by atoms with E-state index in [1.807, 2.05) is 47.0 Å². The van der Waals surface area contributed by atoms with Crippen LogP contribution in [0.15, 0.2) is 48.9 Å². The number of carbonyl (C=O) groups is 1. The molecule has 9 heteroatoms. The van der Waals surface area contributed by atoms with Gasteiger partial charge in [-0.1, -0.05) is 17.3 Å². The van der Waals surface area contributed by atoms with Gasteiger partial charge in [-0.2, -0.15) is 10.4 Å². The molecule has 1 N–H and O–H groups in total. The van der Waals surface area contributed by atoms with Crippen LogP contribution >= 0.6 is 0 Å². The van der Waals surface area contributed by atoms with Crippen LogP contribution in [-0.2, 0) is 12.5 Å². The number of aryl methyl sites for hydroxylation is 2.